The third-order valence-corrected chi connectivity index (χ3v) is 4.14. The van der Waals surface area contributed by atoms with Gasteiger partial charge in [-0.2, -0.15) is 0 Å². The molecule has 0 saturated heterocycles. The molecule has 16 heavy (non-hydrogen) atoms. The van der Waals surface area contributed by atoms with Gasteiger partial charge >= 0.3 is 5.97 Å². The Balaban J connectivity index is 2.79. The highest BCUT2D eigenvalue weighted by Gasteiger charge is 2.39. The molecule has 1 rings (SSSR count). The first-order chi connectivity index (χ1) is 7.36. The number of carbonyl (C=O) groups is 2. The number of carboxylic acids is 1. The maximum atomic E-state index is 11.4. The van der Waals surface area contributed by atoms with Crippen LogP contribution < -0.4 is 0 Å². The molecule has 0 aromatic carbocycles. The fourth-order valence-electron chi connectivity index (χ4n) is 2.82. The molecule has 0 radical (unpaired) electrons. The molecule has 0 amide bonds. The van der Waals surface area contributed by atoms with Crippen LogP contribution in [0.25, 0.3) is 0 Å². The quantitative estimate of drug-likeness (QED) is 0.802. The molecule has 1 aliphatic carbocycles. The topological polar surface area (TPSA) is 54.4 Å². The second kappa shape index (κ2) is 4.98. The summed E-state index contributed by atoms with van der Waals surface area (Å²) in [5, 5.41) is 8.90. The number of carboxylic acid groups (broad SMARTS) is 1. The Morgan fingerprint density at radius 2 is 2.12 bits per heavy atom. The van der Waals surface area contributed by atoms with E-state index >= 15 is 0 Å². The average Bonchev–Trinajstić information content (AvgIpc) is 2.16. The van der Waals surface area contributed by atoms with Gasteiger partial charge in [-0.05, 0) is 23.7 Å². The highest BCUT2D eigenvalue weighted by atomic mass is 16.4. The zero-order valence-electron chi connectivity index (χ0n) is 10.5. The van der Waals surface area contributed by atoms with Crippen molar-refractivity contribution in [3.05, 3.63) is 0 Å². The third kappa shape index (κ3) is 3.06. The molecule has 0 aromatic rings. The molecular formula is C13H22O3. The molecule has 1 N–H and O–H groups in total. The van der Waals surface area contributed by atoms with E-state index in [0.717, 1.165) is 12.8 Å². The summed E-state index contributed by atoms with van der Waals surface area (Å²) in [6.07, 6.45) is 3.12. The number of Topliss-reactive ketones (excluding diaryl/α,β-unsaturated/α-hetero) is 1. The molecule has 0 heterocycles. The molecule has 0 spiro atoms. The second-order valence-corrected chi connectivity index (χ2v) is 5.59. The highest BCUT2D eigenvalue weighted by molar-refractivity contribution is 5.80. The molecule has 1 fully saturated rings. The SMILES string of the molecule is CCC(C)(C)C1CCC(=O)CC1CC(=O)O. The molecule has 0 bridgehead atoms. The van der Waals surface area contributed by atoms with Crippen molar-refractivity contribution in [3.63, 3.8) is 0 Å². The largest absolute Gasteiger partial charge is 0.481 e. The Kier molecular flexibility index (Phi) is 4.11. The van der Waals surface area contributed by atoms with Gasteiger partial charge in [0.2, 0.25) is 0 Å². The van der Waals surface area contributed by atoms with Gasteiger partial charge in [0, 0.05) is 19.3 Å². The highest BCUT2D eigenvalue weighted by Crippen LogP contribution is 2.44. The Morgan fingerprint density at radius 1 is 1.50 bits per heavy atom. The summed E-state index contributed by atoms with van der Waals surface area (Å²) < 4.78 is 0. The molecule has 1 aliphatic rings. The summed E-state index contributed by atoms with van der Waals surface area (Å²) in [6, 6.07) is 0. The zero-order chi connectivity index (χ0) is 12.3. The Labute approximate surface area is 97.2 Å². The standard InChI is InChI=1S/C13H22O3/c1-4-13(2,3)11-6-5-10(14)7-9(11)8-12(15)16/h9,11H,4-8H2,1-3H3,(H,15,16). The van der Waals surface area contributed by atoms with Gasteiger partial charge < -0.3 is 5.11 Å². The van der Waals surface area contributed by atoms with Crippen LogP contribution in [0, 0.1) is 17.3 Å². The Bertz CT molecular complexity index is 279. The second-order valence-electron chi connectivity index (χ2n) is 5.59. The summed E-state index contributed by atoms with van der Waals surface area (Å²) in [4.78, 5) is 22.2. The van der Waals surface area contributed by atoms with Gasteiger partial charge in [-0.25, -0.2) is 0 Å². The molecular weight excluding hydrogens is 204 g/mol. The fourth-order valence-corrected chi connectivity index (χ4v) is 2.82. The third-order valence-electron chi connectivity index (χ3n) is 4.14. The molecule has 0 aliphatic heterocycles. The van der Waals surface area contributed by atoms with Crippen molar-refractivity contribution in [2.24, 2.45) is 17.3 Å². The van der Waals surface area contributed by atoms with E-state index < -0.39 is 5.97 Å². The van der Waals surface area contributed by atoms with E-state index in [0.29, 0.717) is 18.8 Å². The predicted octanol–water partition coefficient (Wildman–Crippen LogP) is 2.88. The lowest BCUT2D eigenvalue weighted by Crippen LogP contribution is -2.36. The first-order valence-corrected chi connectivity index (χ1v) is 6.10. The summed E-state index contributed by atoms with van der Waals surface area (Å²) >= 11 is 0. The van der Waals surface area contributed by atoms with Crippen LogP contribution >= 0.6 is 0 Å². The van der Waals surface area contributed by atoms with Crippen molar-refractivity contribution in [1.82, 2.24) is 0 Å². The lowest BCUT2D eigenvalue weighted by atomic mass is 9.63. The smallest absolute Gasteiger partial charge is 0.303 e. The van der Waals surface area contributed by atoms with Crippen molar-refractivity contribution in [2.45, 2.75) is 52.9 Å². The molecule has 3 nitrogen and oxygen atoms in total. The summed E-state index contributed by atoms with van der Waals surface area (Å²) in [5.41, 5.74) is 0.140. The Morgan fingerprint density at radius 3 is 2.62 bits per heavy atom. The summed E-state index contributed by atoms with van der Waals surface area (Å²) in [5.74, 6) is -0.147. The number of rotatable bonds is 4. The van der Waals surface area contributed by atoms with Crippen LogP contribution in [0.3, 0.4) is 0 Å². The van der Waals surface area contributed by atoms with Crippen LogP contribution in [0.1, 0.15) is 52.9 Å². The van der Waals surface area contributed by atoms with Gasteiger partial charge in [-0.3, -0.25) is 9.59 Å². The minimum absolute atomic E-state index is 0.0358. The van der Waals surface area contributed by atoms with Gasteiger partial charge in [0.1, 0.15) is 5.78 Å². The van der Waals surface area contributed by atoms with Gasteiger partial charge in [-0.1, -0.05) is 27.2 Å². The van der Waals surface area contributed by atoms with Crippen LogP contribution in [0.15, 0.2) is 0 Å². The van der Waals surface area contributed by atoms with Crippen molar-refractivity contribution in [3.8, 4) is 0 Å². The first-order valence-electron chi connectivity index (χ1n) is 6.10. The van der Waals surface area contributed by atoms with Crippen LogP contribution in [0.4, 0.5) is 0 Å². The van der Waals surface area contributed by atoms with E-state index in [1.54, 1.807) is 0 Å². The number of carbonyl (C=O) groups excluding carboxylic acids is 1. The molecule has 1 saturated carbocycles. The fraction of sp³-hybridized carbons (Fsp3) is 0.846. The number of aliphatic carboxylic acids is 1. The van der Waals surface area contributed by atoms with Crippen LogP contribution in [-0.4, -0.2) is 16.9 Å². The molecule has 2 atom stereocenters. The van der Waals surface area contributed by atoms with E-state index in [1.165, 1.54) is 0 Å². The van der Waals surface area contributed by atoms with E-state index in [-0.39, 0.29) is 23.5 Å². The average molecular weight is 226 g/mol. The molecule has 2 unspecified atom stereocenters. The number of ketones is 1. The van der Waals surface area contributed by atoms with E-state index in [2.05, 4.69) is 20.8 Å². The summed E-state index contributed by atoms with van der Waals surface area (Å²) in [7, 11) is 0. The van der Waals surface area contributed by atoms with Crippen LogP contribution in [0.2, 0.25) is 0 Å². The normalized spacial score (nSPS) is 26.8. The van der Waals surface area contributed by atoms with Gasteiger partial charge in [0.15, 0.2) is 0 Å². The van der Waals surface area contributed by atoms with Crippen LogP contribution in [0.5, 0.6) is 0 Å². The number of hydrogen-bond acceptors (Lipinski definition) is 2. The van der Waals surface area contributed by atoms with Crippen LogP contribution in [-0.2, 0) is 9.59 Å². The minimum atomic E-state index is -0.781. The van der Waals surface area contributed by atoms with E-state index in [1.807, 2.05) is 0 Å². The van der Waals surface area contributed by atoms with Gasteiger partial charge in [-0.15, -0.1) is 0 Å². The van der Waals surface area contributed by atoms with Gasteiger partial charge in [0.05, 0.1) is 0 Å². The lowest BCUT2D eigenvalue weighted by Gasteiger charge is -2.41. The van der Waals surface area contributed by atoms with Crippen molar-refractivity contribution >= 4 is 11.8 Å². The maximum Gasteiger partial charge on any atom is 0.303 e. The molecule has 92 valence electrons. The monoisotopic (exact) mass is 226 g/mol. The van der Waals surface area contributed by atoms with Gasteiger partial charge in [0.25, 0.3) is 0 Å². The molecule has 3 heteroatoms. The Hall–Kier alpha value is -0.860. The zero-order valence-corrected chi connectivity index (χ0v) is 10.5. The van der Waals surface area contributed by atoms with Crippen molar-refractivity contribution < 1.29 is 14.7 Å². The maximum absolute atomic E-state index is 11.4. The number of hydrogen-bond donors (Lipinski definition) is 1. The minimum Gasteiger partial charge on any atom is -0.481 e. The van der Waals surface area contributed by atoms with Crippen molar-refractivity contribution in [2.75, 3.05) is 0 Å². The lowest BCUT2D eigenvalue weighted by molar-refractivity contribution is -0.140. The molecule has 0 aromatic heterocycles. The van der Waals surface area contributed by atoms with E-state index in [9.17, 15) is 9.59 Å². The van der Waals surface area contributed by atoms with E-state index in [4.69, 9.17) is 5.11 Å². The van der Waals surface area contributed by atoms with Crippen molar-refractivity contribution in [1.29, 1.82) is 0 Å². The summed E-state index contributed by atoms with van der Waals surface area (Å²) in [6.45, 7) is 6.50. The predicted molar refractivity (Wildman–Crippen MR) is 62.2 cm³/mol. The first kappa shape index (κ1) is 13.2.